The number of halogens is 3. The maximum atomic E-state index is 13.6. The van der Waals surface area contributed by atoms with Crippen molar-refractivity contribution in [2.75, 3.05) is 5.32 Å². The molecular weight excluding hydrogens is 312 g/mol. The molecule has 22 heavy (non-hydrogen) atoms. The highest BCUT2D eigenvalue weighted by atomic mass is 35.5. The Morgan fingerprint density at radius 2 is 1.95 bits per heavy atom. The second-order valence-corrected chi connectivity index (χ2v) is 5.48. The molecule has 2 unspecified atom stereocenters. The van der Waals surface area contributed by atoms with E-state index in [1.807, 2.05) is 0 Å². The van der Waals surface area contributed by atoms with E-state index in [9.17, 15) is 13.6 Å². The Bertz CT molecular complexity index is 688. The van der Waals surface area contributed by atoms with Crippen LogP contribution in [0, 0.1) is 11.6 Å². The predicted molar refractivity (Wildman–Crippen MR) is 78.9 cm³/mol. The fourth-order valence-corrected chi connectivity index (χ4v) is 2.42. The van der Waals surface area contributed by atoms with Gasteiger partial charge in [0.15, 0.2) is 0 Å². The van der Waals surface area contributed by atoms with Gasteiger partial charge in [0.2, 0.25) is 0 Å². The van der Waals surface area contributed by atoms with Crippen molar-refractivity contribution in [1.82, 2.24) is 10.3 Å². The first-order valence-corrected chi connectivity index (χ1v) is 7.05. The Morgan fingerprint density at radius 1 is 1.23 bits per heavy atom. The zero-order chi connectivity index (χ0) is 15.7. The number of nitrogens with one attached hydrogen (secondary N) is 2. The van der Waals surface area contributed by atoms with Crippen molar-refractivity contribution < 1.29 is 13.6 Å². The third-order valence-corrected chi connectivity index (χ3v) is 3.67. The lowest BCUT2D eigenvalue weighted by molar-refractivity contribution is 0.251. The number of hydrogen-bond acceptors (Lipinski definition) is 2. The average Bonchev–Trinajstić information content (AvgIpc) is 3.20. The number of nitrogens with zero attached hydrogens (tertiary/aromatic N) is 1. The van der Waals surface area contributed by atoms with Gasteiger partial charge in [-0.25, -0.2) is 18.6 Å². The molecule has 0 bridgehead atoms. The number of benzene rings is 1. The second-order valence-electron chi connectivity index (χ2n) is 5.04. The summed E-state index contributed by atoms with van der Waals surface area (Å²) >= 11 is 5.70. The van der Waals surface area contributed by atoms with E-state index in [1.165, 1.54) is 24.4 Å². The number of amides is 2. The summed E-state index contributed by atoms with van der Waals surface area (Å²) in [7, 11) is 0. The normalized spacial score (nSPS) is 19.6. The van der Waals surface area contributed by atoms with Crippen molar-refractivity contribution in [3.05, 3.63) is 58.7 Å². The van der Waals surface area contributed by atoms with Crippen molar-refractivity contribution >= 4 is 23.4 Å². The van der Waals surface area contributed by atoms with Gasteiger partial charge in [-0.05, 0) is 30.7 Å². The van der Waals surface area contributed by atoms with Gasteiger partial charge in [0.25, 0.3) is 0 Å². The molecule has 2 aromatic rings. The van der Waals surface area contributed by atoms with E-state index >= 15 is 0 Å². The number of rotatable bonds is 3. The zero-order valence-corrected chi connectivity index (χ0v) is 12.1. The molecule has 2 atom stereocenters. The predicted octanol–water partition coefficient (Wildman–Crippen LogP) is 3.69. The molecular formula is C15H12ClF2N3O. The largest absolute Gasteiger partial charge is 0.334 e. The summed E-state index contributed by atoms with van der Waals surface area (Å²) in [4.78, 5) is 15.7. The number of carbonyl (C=O) groups is 1. The van der Waals surface area contributed by atoms with Crippen LogP contribution in [0.25, 0.3) is 0 Å². The molecule has 0 radical (unpaired) electrons. The van der Waals surface area contributed by atoms with E-state index in [2.05, 4.69) is 15.6 Å². The lowest BCUT2D eigenvalue weighted by Crippen LogP contribution is -2.31. The second kappa shape index (κ2) is 5.88. The minimum atomic E-state index is -0.589. The van der Waals surface area contributed by atoms with Crippen LogP contribution in [0.5, 0.6) is 0 Å². The van der Waals surface area contributed by atoms with Crippen LogP contribution in [0.4, 0.5) is 19.4 Å². The molecule has 1 aliphatic rings. The molecule has 7 heteroatoms. The van der Waals surface area contributed by atoms with Crippen LogP contribution in [0.15, 0.2) is 36.5 Å². The molecule has 4 nitrogen and oxygen atoms in total. The van der Waals surface area contributed by atoms with Crippen molar-refractivity contribution in [3.63, 3.8) is 0 Å². The van der Waals surface area contributed by atoms with Crippen molar-refractivity contribution in [2.45, 2.75) is 18.4 Å². The molecule has 0 saturated heterocycles. The average molecular weight is 324 g/mol. The highest BCUT2D eigenvalue weighted by Gasteiger charge is 2.42. The van der Waals surface area contributed by atoms with Gasteiger partial charge < -0.3 is 5.32 Å². The highest BCUT2D eigenvalue weighted by Crippen LogP contribution is 2.43. The van der Waals surface area contributed by atoms with E-state index in [0.29, 0.717) is 17.3 Å². The van der Waals surface area contributed by atoms with Gasteiger partial charge in [-0.3, -0.25) is 5.32 Å². The fraction of sp³-hybridized carbons (Fsp3) is 0.200. The van der Waals surface area contributed by atoms with E-state index in [-0.39, 0.29) is 17.5 Å². The molecule has 1 fully saturated rings. The number of anilines is 1. The number of carbonyl (C=O) groups excluding carboxylic acids is 1. The molecule has 1 saturated carbocycles. The lowest BCUT2D eigenvalue weighted by Gasteiger charge is -2.08. The molecule has 0 spiro atoms. The third-order valence-electron chi connectivity index (χ3n) is 3.45. The number of hydrogen-bond donors (Lipinski definition) is 2. The summed E-state index contributed by atoms with van der Waals surface area (Å²) in [6, 6.07) is 6.13. The quantitative estimate of drug-likeness (QED) is 0.905. The van der Waals surface area contributed by atoms with Gasteiger partial charge >= 0.3 is 6.03 Å². The third kappa shape index (κ3) is 3.17. The van der Waals surface area contributed by atoms with Crippen LogP contribution in [-0.2, 0) is 0 Å². The molecule has 1 aliphatic carbocycles. The molecule has 2 amide bonds. The number of aromatic nitrogens is 1. The summed E-state index contributed by atoms with van der Waals surface area (Å²) in [5.41, 5.74) is 0.0254. The molecule has 0 aliphatic heterocycles. The van der Waals surface area contributed by atoms with Crippen LogP contribution >= 0.6 is 11.6 Å². The standard InChI is InChI=1S/C15H12ClF2N3O/c16-8-4-5-13(19-7-8)21-15(22)20-12-6-9(12)14-10(17)2-1-3-11(14)18/h1-5,7,9,12H,6H2,(H2,19,20,21,22). The maximum absolute atomic E-state index is 13.6. The minimum absolute atomic E-state index is 0.0254. The molecule has 1 aromatic heterocycles. The van der Waals surface area contributed by atoms with Gasteiger partial charge in [-0.15, -0.1) is 0 Å². The monoisotopic (exact) mass is 323 g/mol. The maximum Gasteiger partial charge on any atom is 0.320 e. The van der Waals surface area contributed by atoms with Crippen molar-refractivity contribution in [2.24, 2.45) is 0 Å². The van der Waals surface area contributed by atoms with E-state index in [1.54, 1.807) is 12.1 Å². The van der Waals surface area contributed by atoms with Crippen LogP contribution < -0.4 is 10.6 Å². The SMILES string of the molecule is O=C(Nc1ccc(Cl)cn1)NC1CC1c1c(F)cccc1F. The van der Waals surface area contributed by atoms with Crippen LogP contribution in [0.3, 0.4) is 0 Å². The van der Waals surface area contributed by atoms with Gasteiger partial charge in [-0.1, -0.05) is 17.7 Å². The Hall–Kier alpha value is -2.21. The number of pyridine rings is 1. The van der Waals surface area contributed by atoms with Gasteiger partial charge in [0, 0.05) is 23.7 Å². The lowest BCUT2D eigenvalue weighted by atomic mass is 10.1. The van der Waals surface area contributed by atoms with E-state index in [4.69, 9.17) is 11.6 Å². The molecule has 1 heterocycles. The smallest absolute Gasteiger partial charge is 0.320 e. The van der Waals surface area contributed by atoms with Gasteiger partial charge in [-0.2, -0.15) is 0 Å². The fourth-order valence-electron chi connectivity index (χ4n) is 2.31. The summed E-state index contributed by atoms with van der Waals surface area (Å²) in [5, 5.41) is 5.66. The topological polar surface area (TPSA) is 54.0 Å². The molecule has 2 N–H and O–H groups in total. The Kier molecular flexibility index (Phi) is 3.94. The van der Waals surface area contributed by atoms with E-state index in [0.717, 1.165) is 0 Å². The Labute approximate surface area is 130 Å². The molecule has 114 valence electrons. The summed E-state index contributed by atoms with van der Waals surface area (Å²) < 4.78 is 27.3. The van der Waals surface area contributed by atoms with Gasteiger partial charge in [0.05, 0.1) is 5.02 Å². The van der Waals surface area contributed by atoms with Crippen molar-refractivity contribution in [3.8, 4) is 0 Å². The van der Waals surface area contributed by atoms with Gasteiger partial charge in [0.1, 0.15) is 17.5 Å². The first-order chi connectivity index (χ1) is 10.5. The molecule has 3 rings (SSSR count). The van der Waals surface area contributed by atoms with Crippen molar-refractivity contribution in [1.29, 1.82) is 0 Å². The highest BCUT2D eigenvalue weighted by molar-refractivity contribution is 6.30. The minimum Gasteiger partial charge on any atom is -0.334 e. The summed E-state index contributed by atoms with van der Waals surface area (Å²) in [6.45, 7) is 0. The van der Waals surface area contributed by atoms with Crippen LogP contribution in [0.1, 0.15) is 17.9 Å². The first-order valence-electron chi connectivity index (χ1n) is 6.67. The number of urea groups is 1. The molecule has 1 aromatic carbocycles. The first kappa shape index (κ1) is 14.7. The van der Waals surface area contributed by atoms with Crippen LogP contribution in [0.2, 0.25) is 5.02 Å². The zero-order valence-electron chi connectivity index (χ0n) is 11.3. The Balaban J connectivity index is 1.59. The summed E-state index contributed by atoms with van der Waals surface area (Å²) in [5.74, 6) is -1.18. The summed E-state index contributed by atoms with van der Waals surface area (Å²) in [6.07, 6.45) is 1.91. The Morgan fingerprint density at radius 3 is 2.59 bits per heavy atom. The van der Waals surface area contributed by atoms with E-state index < -0.39 is 17.7 Å². The van der Waals surface area contributed by atoms with Crippen LogP contribution in [-0.4, -0.2) is 17.1 Å².